The molecule has 10 heteroatoms. The minimum atomic E-state index is -0.541. The number of nitriles is 1. The third kappa shape index (κ3) is 6.79. The van der Waals surface area contributed by atoms with E-state index in [1.165, 1.54) is 54.6 Å². The number of halogens is 2. The fourth-order valence-electron chi connectivity index (χ4n) is 3.08. The van der Waals surface area contributed by atoms with E-state index in [4.69, 9.17) is 21.1 Å². The Hall–Kier alpha value is -4.42. The summed E-state index contributed by atoms with van der Waals surface area (Å²) in [5.74, 6) is -0.533. The number of hydrogen-bond donors (Lipinski definition) is 1. The van der Waals surface area contributed by atoms with E-state index in [0.717, 1.165) is 0 Å². The lowest BCUT2D eigenvalue weighted by atomic mass is 10.0. The van der Waals surface area contributed by atoms with Crippen molar-refractivity contribution < 1.29 is 23.6 Å². The predicted octanol–water partition coefficient (Wildman–Crippen LogP) is 5.87. The highest BCUT2D eigenvalue weighted by molar-refractivity contribution is 6.32. The molecule has 0 aliphatic rings. The largest absolute Gasteiger partial charge is 0.490 e. The average molecular weight is 496 g/mol. The molecule has 8 nitrogen and oxygen atoms in total. The first-order valence-electron chi connectivity index (χ1n) is 10.3. The van der Waals surface area contributed by atoms with E-state index in [-0.39, 0.29) is 41.0 Å². The molecular formula is C25H19ClFN3O5. The standard InChI is InChI=1S/C25H19ClFN3O5/c1-2-34-23-12-16(10-18(14-28)17-4-3-5-21(13-17)30(32)33)11-22(26)25(23)35-15-24(31)29-20-8-6-19(27)7-9-20/h3-13H,2,15H2,1H3,(H,29,31)/b18-10-. The molecule has 0 unspecified atom stereocenters. The third-order valence-electron chi connectivity index (χ3n) is 4.61. The Kier molecular flexibility index (Phi) is 8.38. The molecular weight excluding hydrogens is 477 g/mol. The van der Waals surface area contributed by atoms with Crippen molar-refractivity contribution >= 4 is 40.5 Å². The molecule has 1 amide bonds. The lowest BCUT2D eigenvalue weighted by Crippen LogP contribution is -2.20. The number of nitro benzene ring substituents is 1. The molecule has 0 fully saturated rings. The van der Waals surface area contributed by atoms with Gasteiger partial charge in [0.2, 0.25) is 0 Å². The van der Waals surface area contributed by atoms with E-state index in [9.17, 15) is 24.6 Å². The number of allylic oxidation sites excluding steroid dienone is 1. The maximum Gasteiger partial charge on any atom is 0.270 e. The van der Waals surface area contributed by atoms with Crippen LogP contribution >= 0.6 is 11.6 Å². The molecule has 0 heterocycles. The fraction of sp³-hybridized carbons (Fsp3) is 0.120. The number of benzene rings is 3. The number of nitro groups is 1. The van der Waals surface area contributed by atoms with Crippen LogP contribution in [0.4, 0.5) is 15.8 Å². The molecule has 1 N–H and O–H groups in total. The summed E-state index contributed by atoms with van der Waals surface area (Å²) in [5.41, 5.74) is 1.30. The molecule has 0 radical (unpaired) electrons. The lowest BCUT2D eigenvalue weighted by Gasteiger charge is -2.14. The van der Waals surface area contributed by atoms with Crippen LogP contribution in [0.3, 0.4) is 0 Å². The highest BCUT2D eigenvalue weighted by Crippen LogP contribution is 2.38. The van der Waals surface area contributed by atoms with Crippen molar-refractivity contribution in [2.24, 2.45) is 0 Å². The zero-order chi connectivity index (χ0) is 25.4. The number of amides is 1. The van der Waals surface area contributed by atoms with Crippen LogP contribution in [-0.4, -0.2) is 24.0 Å². The minimum Gasteiger partial charge on any atom is -0.490 e. The number of carbonyl (C=O) groups is 1. The van der Waals surface area contributed by atoms with Crippen molar-refractivity contribution in [2.45, 2.75) is 6.92 Å². The van der Waals surface area contributed by atoms with Gasteiger partial charge < -0.3 is 14.8 Å². The molecule has 0 atom stereocenters. The van der Waals surface area contributed by atoms with Crippen LogP contribution in [0.2, 0.25) is 5.02 Å². The summed E-state index contributed by atoms with van der Waals surface area (Å²) in [6, 6.07) is 16.1. The number of carbonyl (C=O) groups excluding carboxylic acids is 1. The van der Waals surface area contributed by atoms with Gasteiger partial charge in [-0.3, -0.25) is 14.9 Å². The van der Waals surface area contributed by atoms with Crippen molar-refractivity contribution in [1.29, 1.82) is 5.26 Å². The second kappa shape index (κ2) is 11.6. The van der Waals surface area contributed by atoms with Gasteiger partial charge in [-0.2, -0.15) is 5.26 Å². The van der Waals surface area contributed by atoms with Gasteiger partial charge in [-0.15, -0.1) is 0 Å². The zero-order valence-corrected chi connectivity index (χ0v) is 19.2. The van der Waals surface area contributed by atoms with Gasteiger partial charge in [0.25, 0.3) is 11.6 Å². The topological polar surface area (TPSA) is 114 Å². The number of anilines is 1. The lowest BCUT2D eigenvalue weighted by molar-refractivity contribution is -0.384. The average Bonchev–Trinajstić information content (AvgIpc) is 2.83. The zero-order valence-electron chi connectivity index (χ0n) is 18.5. The van der Waals surface area contributed by atoms with Crippen molar-refractivity contribution in [2.75, 3.05) is 18.5 Å². The fourth-order valence-corrected chi connectivity index (χ4v) is 3.35. The molecule has 0 bridgehead atoms. The van der Waals surface area contributed by atoms with Crippen LogP contribution in [0, 0.1) is 27.3 Å². The maximum atomic E-state index is 13.0. The van der Waals surface area contributed by atoms with E-state index in [1.807, 2.05) is 6.07 Å². The summed E-state index contributed by atoms with van der Waals surface area (Å²) in [7, 11) is 0. The van der Waals surface area contributed by atoms with E-state index in [0.29, 0.717) is 16.8 Å². The predicted molar refractivity (Wildman–Crippen MR) is 130 cm³/mol. The summed E-state index contributed by atoms with van der Waals surface area (Å²) in [6.07, 6.45) is 1.51. The number of nitrogens with one attached hydrogen (secondary N) is 1. The first kappa shape index (κ1) is 25.2. The number of rotatable bonds is 9. The van der Waals surface area contributed by atoms with Gasteiger partial charge in [0.1, 0.15) is 5.82 Å². The van der Waals surface area contributed by atoms with Crippen molar-refractivity contribution in [3.63, 3.8) is 0 Å². The smallest absolute Gasteiger partial charge is 0.270 e. The molecule has 3 rings (SSSR count). The molecule has 178 valence electrons. The minimum absolute atomic E-state index is 0.133. The highest BCUT2D eigenvalue weighted by atomic mass is 35.5. The SMILES string of the molecule is CCOc1cc(/C=C(/C#N)c2cccc([N+](=O)[O-])c2)cc(Cl)c1OCC(=O)Nc1ccc(F)cc1. The van der Waals surface area contributed by atoms with E-state index >= 15 is 0 Å². The van der Waals surface area contributed by atoms with Gasteiger partial charge in [-0.25, -0.2) is 4.39 Å². The van der Waals surface area contributed by atoms with Crippen molar-refractivity contribution in [1.82, 2.24) is 0 Å². The molecule has 0 aromatic heterocycles. The normalized spacial score (nSPS) is 10.9. The molecule has 0 saturated heterocycles. The number of ether oxygens (including phenoxy) is 2. The first-order valence-corrected chi connectivity index (χ1v) is 10.7. The quantitative estimate of drug-likeness (QED) is 0.172. The molecule has 0 aliphatic carbocycles. The molecule has 3 aromatic rings. The second-order valence-corrected chi connectivity index (χ2v) is 7.49. The van der Waals surface area contributed by atoms with Gasteiger partial charge in [0.15, 0.2) is 18.1 Å². The Morgan fingerprint density at radius 2 is 1.94 bits per heavy atom. The Bertz CT molecular complexity index is 1320. The van der Waals surface area contributed by atoms with Gasteiger partial charge >= 0.3 is 0 Å². The van der Waals surface area contributed by atoms with Crippen LogP contribution in [0.25, 0.3) is 11.6 Å². The molecule has 3 aromatic carbocycles. The van der Waals surface area contributed by atoms with Gasteiger partial charge in [0, 0.05) is 17.8 Å². The summed E-state index contributed by atoms with van der Waals surface area (Å²) in [4.78, 5) is 22.7. The van der Waals surface area contributed by atoms with E-state index < -0.39 is 16.6 Å². The maximum absolute atomic E-state index is 13.0. The molecule has 0 saturated carbocycles. The van der Waals surface area contributed by atoms with Gasteiger partial charge in [0.05, 0.1) is 28.2 Å². The Labute approximate surface area is 205 Å². The number of hydrogen-bond acceptors (Lipinski definition) is 6. The monoisotopic (exact) mass is 495 g/mol. The van der Waals surface area contributed by atoms with Gasteiger partial charge in [-0.05, 0) is 60.5 Å². The van der Waals surface area contributed by atoms with E-state index in [2.05, 4.69) is 5.32 Å². The Morgan fingerprint density at radius 3 is 2.60 bits per heavy atom. The molecule has 35 heavy (non-hydrogen) atoms. The Balaban J connectivity index is 1.83. The van der Waals surface area contributed by atoms with Crippen LogP contribution < -0.4 is 14.8 Å². The summed E-state index contributed by atoms with van der Waals surface area (Å²) < 4.78 is 24.2. The summed E-state index contributed by atoms with van der Waals surface area (Å²) in [5, 5.41) is 23.4. The van der Waals surface area contributed by atoms with Crippen LogP contribution in [0.15, 0.2) is 60.7 Å². The first-order chi connectivity index (χ1) is 16.8. The Morgan fingerprint density at radius 1 is 1.20 bits per heavy atom. The second-order valence-electron chi connectivity index (χ2n) is 7.08. The van der Waals surface area contributed by atoms with Crippen molar-refractivity contribution in [3.8, 4) is 17.6 Å². The van der Waals surface area contributed by atoms with Crippen LogP contribution in [-0.2, 0) is 4.79 Å². The summed E-state index contributed by atoms with van der Waals surface area (Å²) >= 11 is 6.39. The molecule has 0 aliphatic heterocycles. The molecule has 0 spiro atoms. The van der Waals surface area contributed by atoms with E-state index in [1.54, 1.807) is 19.1 Å². The number of nitrogens with zero attached hydrogens (tertiary/aromatic N) is 2. The number of non-ortho nitro benzene ring substituents is 1. The third-order valence-corrected chi connectivity index (χ3v) is 4.89. The summed E-state index contributed by atoms with van der Waals surface area (Å²) in [6.45, 7) is 1.65. The van der Waals surface area contributed by atoms with Crippen molar-refractivity contribution in [3.05, 3.63) is 92.7 Å². The van der Waals surface area contributed by atoms with Gasteiger partial charge in [-0.1, -0.05) is 23.7 Å². The van der Waals surface area contributed by atoms with Crippen LogP contribution in [0.5, 0.6) is 11.5 Å². The van der Waals surface area contributed by atoms with Crippen LogP contribution in [0.1, 0.15) is 18.1 Å². The highest BCUT2D eigenvalue weighted by Gasteiger charge is 2.15.